The predicted octanol–water partition coefficient (Wildman–Crippen LogP) is 13.8. The molecular formula is C46H40. The number of hydrogen-bond donors (Lipinski definition) is 0. The molecule has 2 aliphatic carbocycles. The van der Waals surface area contributed by atoms with E-state index in [-0.39, 0.29) is 0 Å². The molecule has 0 heterocycles. The molecule has 0 unspecified atom stereocenters. The van der Waals surface area contributed by atoms with Crippen LogP contribution < -0.4 is 0 Å². The molecule has 2 aliphatic rings. The van der Waals surface area contributed by atoms with Crippen molar-refractivity contribution in [2.24, 2.45) is 0 Å². The normalized spacial score (nSPS) is 17.0. The zero-order valence-electron chi connectivity index (χ0n) is 26.6. The van der Waals surface area contributed by atoms with Crippen LogP contribution in [0.4, 0.5) is 0 Å². The third kappa shape index (κ3) is 3.86. The van der Waals surface area contributed by atoms with Crippen molar-refractivity contribution in [2.75, 3.05) is 0 Å². The van der Waals surface area contributed by atoms with Gasteiger partial charge in [-0.2, -0.15) is 0 Å². The van der Waals surface area contributed by atoms with Crippen LogP contribution in [0.5, 0.6) is 0 Å². The Bertz CT molecular complexity index is 2430. The summed E-state index contributed by atoms with van der Waals surface area (Å²) in [4.78, 5) is 0. The Hall–Kier alpha value is -4.42. The average molecular weight is 593 g/mol. The van der Waals surface area contributed by atoms with Crippen molar-refractivity contribution >= 4 is 64.6 Å². The third-order valence-electron chi connectivity index (χ3n) is 12.0. The molecule has 0 amide bonds. The monoisotopic (exact) mass is 592 g/mol. The van der Waals surface area contributed by atoms with Crippen molar-refractivity contribution in [1.29, 1.82) is 0 Å². The summed E-state index contributed by atoms with van der Waals surface area (Å²) in [6, 6.07) is 42.7. The SMILES string of the molecule is c1ccc2c(C3CCCCC3)ccc(-c3c4ccccc4c4c5ccc(C6CCCCC6)c6cccc(c7cccc3c74)c65)c2c1. The summed E-state index contributed by atoms with van der Waals surface area (Å²) < 4.78 is 0. The Balaban J connectivity index is 1.33. The quantitative estimate of drug-likeness (QED) is 0.141. The lowest BCUT2D eigenvalue weighted by Crippen LogP contribution is -2.05. The average Bonchev–Trinajstić information content (AvgIpc) is 3.13. The molecule has 0 bridgehead atoms. The molecular weight excluding hydrogens is 553 g/mol. The van der Waals surface area contributed by atoms with Gasteiger partial charge in [-0.25, -0.2) is 0 Å². The fourth-order valence-electron chi connectivity index (χ4n) is 9.96. The minimum atomic E-state index is 0.677. The lowest BCUT2D eigenvalue weighted by molar-refractivity contribution is 0.445. The van der Waals surface area contributed by atoms with Gasteiger partial charge in [-0.1, -0.05) is 148 Å². The second-order valence-electron chi connectivity index (χ2n) is 14.4. The molecule has 0 nitrogen and oxygen atoms in total. The molecule has 0 atom stereocenters. The molecule has 8 aromatic rings. The lowest BCUT2D eigenvalue weighted by atomic mass is 9.78. The van der Waals surface area contributed by atoms with Crippen LogP contribution in [0.15, 0.2) is 109 Å². The van der Waals surface area contributed by atoms with E-state index in [0.29, 0.717) is 11.8 Å². The molecule has 0 heteroatoms. The highest BCUT2D eigenvalue weighted by atomic mass is 14.3. The van der Waals surface area contributed by atoms with E-state index in [1.807, 2.05) is 0 Å². The van der Waals surface area contributed by atoms with E-state index in [1.165, 1.54) is 140 Å². The van der Waals surface area contributed by atoms with Crippen molar-refractivity contribution in [3.63, 3.8) is 0 Å². The van der Waals surface area contributed by atoms with Crippen LogP contribution in [-0.2, 0) is 0 Å². The zero-order chi connectivity index (χ0) is 30.2. The van der Waals surface area contributed by atoms with Crippen LogP contribution in [0, 0.1) is 0 Å². The summed E-state index contributed by atoms with van der Waals surface area (Å²) in [6.45, 7) is 0. The van der Waals surface area contributed by atoms with Gasteiger partial charge in [-0.05, 0) is 124 Å². The molecule has 0 N–H and O–H groups in total. The van der Waals surface area contributed by atoms with E-state index in [0.717, 1.165) is 0 Å². The first-order valence-electron chi connectivity index (χ1n) is 17.9. The van der Waals surface area contributed by atoms with E-state index >= 15 is 0 Å². The Morgan fingerprint density at radius 1 is 0.304 bits per heavy atom. The highest BCUT2D eigenvalue weighted by Crippen LogP contribution is 2.50. The minimum absolute atomic E-state index is 0.677. The van der Waals surface area contributed by atoms with Gasteiger partial charge in [-0.3, -0.25) is 0 Å². The standard InChI is InChI=1S/C46H40/c1-3-13-29(14-4-1)31-25-27-40(34-18-8-7-17-33(31)34)44-36-19-9-10-20-38(36)46-42-28-26-32(30-15-5-2-6-16-30)35-21-11-22-37(43(35)42)39-23-12-24-41(44)45(39)46/h7-12,17-30H,1-6,13-16H2. The van der Waals surface area contributed by atoms with Gasteiger partial charge in [0.1, 0.15) is 0 Å². The van der Waals surface area contributed by atoms with Crippen molar-refractivity contribution in [3.05, 3.63) is 120 Å². The van der Waals surface area contributed by atoms with Gasteiger partial charge in [0, 0.05) is 0 Å². The van der Waals surface area contributed by atoms with Gasteiger partial charge < -0.3 is 0 Å². The molecule has 0 aliphatic heterocycles. The van der Waals surface area contributed by atoms with Crippen LogP contribution in [0.1, 0.15) is 87.2 Å². The third-order valence-corrected chi connectivity index (χ3v) is 12.0. The van der Waals surface area contributed by atoms with E-state index in [1.54, 1.807) is 11.1 Å². The summed E-state index contributed by atoms with van der Waals surface area (Å²) in [7, 11) is 0. The number of benzene rings is 8. The molecule has 2 saturated carbocycles. The Morgan fingerprint density at radius 3 is 1.50 bits per heavy atom. The van der Waals surface area contributed by atoms with Gasteiger partial charge in [0.25, 0.3) is 0 Å². The first-order valence-corrected chi connectivity index (χ1v) is 17.9. The van der Waals surface area contributed by atoms with Crippen LogP contribution in [-0.4, -0.2) is 0 Å². The Morgan fingerprint density at radius 2 is 0.783 bits per heavy atom. The van der Waals surface area contributed by atoms with E-state index in [4.69, 9.17) is 0 Å². The molecule has 2 fully saturated rings. The lowest BCUT2D eigenvalue weighted by Gasteiger charge is -2.26. The minimum Gasteiger partial charge on any atom is -0.0616 e. The van der Waals surface area contributed by atoms with Crippen LogP contribution in [0.25, 0.3) is 75.8 Å². The summed E-state index contributed by atoms with van der Waals surface area (Å²) in [5, 5.41) is 16.9. The summed E-state index contributed by atoms with van der Waals surface area (Å²) in [5.41, 5.74) is 5.88. The van der Waals surface area contributed by atoms with E-state index in [9.17, 15) is 0 Å². The second-order valence-corrected chi connectivity index (χ2v) is 14.4. The van der Waals surface area contributed by atoms with Gasteiger partial charge in [0.2, 0.25) is 0 Å². The Kier molecular flexibility index (Phi) is 6.15. The van der Waals surface area contributed by atoms with Crippen molar-refractivity contribution in [2.45, 2.75) is 76.0 Å². The van der Waals surface area contributed by atoms with Crippen molar-refractivity contribution < 1.29 is 0 Å². The molecule has 0 spiro atoms. The smallest absolute Gasteiger partial charge is 0.00137 e. The number of rotatable bonds is 3. The summed E-state index contributed by atoms with van der Waals surface area (Å²) in [6.07, 6.45) is 13.5. The zero-order valence-corrected chi connectivity index (χ0v) is 26.6. The highest BCUT2D eigenvalue weighted by molar-refractivity contribution is 6.41. The Labute approximate surface area is 271 Å². The second kappa shape index (κ2) is 10.6. The fraction of sp³-hybridized carbons (Fsp3) is 0.261. The maximum atomic E-state index is 2.50. The number of fused-ring (bicyclic) bond motifs is 5. The summed E-state index contributed by atoms with van der Waals surface area (Å²) >= 11 is 0. The summed E-state index contributed by atoms with van der Waals surface area (Å²) in [5.74, 6) is 1.36. The maximum Gasteiger partial charge on any atom is -0.00137 e. The topological polar surface area (TPSA) is 0 Å². The first-order chi connectivity index (χ1) is 22.9. The van der Waals surface area contributed by atoms with Crippen molar-refractivity contribution in [3.8, 4) is 11.1 Å². The van der Waals surface area contributed by atoms with Crippen LogP contribution >= 0.6 is 0 Å². The molecule has 46 heavy (non-hydrogen) atoms. The molecule has 8 aromatic carbocycles. The van der Waals surface area contributed by atoms with Crippen molar-refractivity contribution in [1.82, 2.24) is 0 Å². The van der Waals surface area contributed by atoms with Crippen LogP contribution in [0.3, 0.4) is 0 Å². The fourth-order valence-corrected chi connectivity index (χ4v) is 9.96. The van der Waals surface area contributed by atoms with Crippen LogP contribution in [0.2, 0.25) is 0 Å². The largest absolute Gasteiger partial charge is 0.0616 e. The van der Waals surface area contributed by atoms with E-state index < -0.39 is 0 Å². The van der Waals surface area contributed by atoms with Gasteiger partial charge in [0.15, 0.2) is 0 Å². The highest BCUT2D eigenvalue weighted by Gasteiger charge is 2.25. The predicted molar refractivity (Wildman–Crippen MR) is 200 cm³/mol. The molecule has 0 aromatic heterocycles. The van der Waals surface area contributed by atoms with Gasteiger partial charge in [-0.15, -0.1) is 0 Å². The van der Waals surface area contributed by atoms with Gasteiger partial charge >= 0.3 is 0 Å². The molecule has 224 valence electrons. The van der Waals surface area contributed by atoms with E-state index in [2.05, 4.69) is 109 Å². The molecule has 0 radical (unpaired) electrons. The molecule has 0 saturated heterocycles. The van der Waals surface area contributed by atoms with Gasteiger partial charge in [0.05, 0.1) is 0 Å². The molecule has 10 rings (SSSR count). The maximum absolute atomic E-state index is 2.50. The number of hydrogen-bond acceptors (Lipinski definition) is 0. The first kappa shape index (κ1) is 26.8.